The van der Waals surface area contributed by atoms with Crippen LogP contribution in [0.5, 0.6) is 0 Å². The second kappa shape index (κ2) is 7.22. The van der Waals surface area contributed by atoms with Crippen molar-refractivity contribution >= 4 is 0 Å². The third-order valence-electron chi connectivity index (χ3n) is 3.62. The summed E-state index contributed by atoms with van der Waals surface area (Å²) in [5.74, 6) is 0. The van der Waals surface area contributed by atoms with E-state index in [4.69, 9.17) is 15.2 Å². The zero-order valence-electron chi connectivity index (χ0n) is 10.8. The normalized spacial score (nSPS) is 29.2. The van der Waals surface area contributed by atoms with Crippen LogP contribution in [0.3, 0.4) is 0 Å². The van der Waals surface area contributed by atoms with Crippen molar-refractivity contribution < 1.29 is 9.47 Å². The molecule has 0 radical (unpaired) electrons. The molecule has 16 heavy (non-hydrogen) atoms. The van der Waals surface area contributed by atoms with Crippen LogP contribution < -0.4 is 5.73 Å². The van der Waals surface area contributed by atoms with Gasteiger partial charge >= 0.3 is 0 Å². The molecule has 0 saturated carbocycles. The van der Waals surface area contributed by atoms with Crippen molar-refractivity contribution in [1.29, 1.82) is 0 Å². The Morgan fingerprint density at radius 1 is 1.44 bits per heavy atom. The molecule has 1 fully saturated rings. The number of methoxy groups -OCH3 is 2. The summed E-state index contributed by atoms with van der Waals surface area (Å²) < 4.78 is 10.7. The Labute approximate surface area is 99.1 Å². The van der Waals surface area contributed by atoms with Crippen LogP contribution in [0.4, 0.5) is 0 Å². The highest BCUT2D eigenvalue weighted by Gasteiger charge is 2.31. The summed E-state index contributed by atoms with van der Waals surface area (Å²) in [5.41, 5.74) is 5.86. The van der Waals surface area contributed by atoms with E-state index in [1.54, 1.807) is 14.2 Å². The van der Waals surface area contributed by atoms with Crippen LogP contribution in [-0.4, -0.2) is 57.0 Å². The minimum Gasteiger partial charge on any atom is -0.383 e. The maximum absolute atomic E-state index is 5.86. The zero-order valence-corrected chi connectivity index (χ0v) is 10.8. The predicted octanol–water partition coefficient (Wildman–Crippen LogP) is 0.850. The lowest BCUT2D eigenvalue weighted by molar-refractivity contribution is -0.0207. The highest BCUT2D eigenvalue weighted by molar-refractivity contribution is 4.86. The number of nitrogens with two attached hydrogens (primary N) is 1. The molecule has 1 aliphatic rings. The molecule has 3 unspecified atom stereocenters. The summed E-state index contributed by atoms with van der Waals surface area (Å²) in [6.45, 7) is 4.78. The van der Waals surface area contributed by atoms with Gasteiger partial charge < -0.3 is 15.2 Å². The van der Waals surface area contributed by atoms with Gasteiger partial charge in [-0.25, -0.2) is 0 Å². The van der Waals surface area contributed by atoms with E-state index in [9.17, 15) is 0 Å². The van der Waals surface area contributed by atoms with Gasteiger partial charge in [-0.1, -0.05) is 6.92 Å². The second-order valence-electron chi connectivity index (χ2n) is 4.53. The van der Waals surface area contributed by atoms with E-state index in [0.717, 1.165) is 32.4 Å². The summed E-state index contributed by atoms with van der Waals surface area (Å²) in [5, 5.41) is 0. The van der Waals surface area contributed by atoms with E-state index in [2.05, 4.69) is 11.8 Å². The summed E-state index contributed by atoms with van der Waals surface area (Å²) in [4.78, 5) is 2.50. The molecular weight excluding hydrogens is 204 g/mol. The molecular formula is C12H26N2O2. The van der Waals surface area contributed by atoms with Gasteiger partial charge in [0.25, 0.3) is 0 Å². The van der Waals surface area contributed by atoms with E-state index in [1.807, 2.05) is 0 Å². The fourth-order valence-electron chi connectivity index (χ4n) is 2.60. The van der Waals surface area contributed by atoms with Crippen molar-refractivity contribution in [3.63, 3.8) is 0 Å². The Morgan fingerprint density at radius 2 is 2.19 bits per heavy atom. The molecule has 0 bridgehead atoms. The van der Waals surface area contributed by atoms with Gasteiger partial charge in [-0.3, -0.25) is 4.90 Å². The number of piperidine rings is 1. The second-order valence-corrected chi connectivity index (χ2v) is 4.53. The minimum absolute atomic E-state index is 0.379. The van der Waals surface area contributed by atoms with Crippen molar-refractivity contribution in [2.45, 2.75) is 44.4 Å². The Bertz CT molecular complexity index is 190. The molecule has 4 heteroatoms. The maximum atomic E-state index is 5.86. The van der Waals surface area contributed by atoms with Crippen LogP contribution in [-0.2, 0) is 9.47 Å². The number of hydrogen-bond donors (Lipinski definition) is 1. The van der Waals surface area contributed by atoms with Crippen molar-refractivity contribution in [2.75, 3.05) is 33.9 Å². The van der Waals surface area contributed by atoms with Crippen LogP contribution >= 0.6 is 0 Å². The van der Waals surface area contributed by atoms with Crippen LogP contribution in [0, 0.1) is 0 Å². The standard InChI is InChI=1S/C12H26N2O2/c1-4-10(9-15-2)14-6-5-12(16-3)7-11(14)8-13/h10-12H,4-9,13H2,1-3H3. The molecule has 1 aliphatic heterocycles. The lowest BCUT2D eigenvalue weighted by Gasteiger charge is -2.42. The minimum atomic E-state index is 0.379. The Hall–Kier alpha value is -0.160. The molecule has 2 N–H and O–H groups in total. The third-order valence-corrected chi connectivity index (χ3v) is 3.62. The van der Waals surface area contributed by atoms with E-state index >= 15 is 0 Å². The van der Waals surface area contributed by atoms with Gasteiger partial charge in [-0.15, -0.1) is 0 Å². The first kappa shape index (κ1) is 13.9. The van der Waals surface area contributed by atoms with Crippen LogP contribution in [0.2, 0.25) is 0 Å². The molecule has 0 spiro atoms. The van der Waals surface area contributed by atoms with Gasteiger partial charge in [0.05, 0.1) is 12.7 Å². The maximum Gasteiger partial charge on any atom is 0.0618 e. The third kappa shape index (κ3) is 3.42. The highest BCUT2D eigenvalue weighted by atomic mass is 16.5. The van der Waals surface area contributed by atoms with Crippen LogP contribution in [0.1, 0.15) is 26.2 Å². The Kier molecular flexibility index (Phi) is 6.28. The van der Waals surface area contributed by atoms with Gasteiger partial charge in [0.15, 0.2) is 0 Å². The lowest BCUT2D eigenvalue weighted by Crippen LogP contribution is -2.53. The summed E-state index contributed by atoms with van der Waals surface area (Å²) in [6.07, 6.45) is 3.65. The average Bonchev–Trinajstić information content (AvgIpc) is 2.35. The van der Waals surface area contributed by atoms with Crippen molar-refractivity contribution in [1.82, 2.24) is 4.90 Å². The molecule has 1 rings (SSSR count). The first-order valence-electron chi connectivity index (χ1n) is 6.24. The van der Waals surface area contributed by atoms with Gasteiger partial charge in [-0.05, 0) is 19.3 Å². The van der Waals surface area contributed by atoms with Crippen molar-refractivity contribution in [3.05, 3.63) is 0 Å². The predicted molar refractivity (Wildman–Crippen MR) is 65.5 cm³/mol. The van der Waals surface area contributed by atoms with Gasteiger partial charge in [0.1, 0.15) is 0 Å². The molecule has 0 aromatic carbocycles. The average molecular weight is 230 g/mol. The largest absolute Gasteiger partial charge is 0.383 e. The molecule has 0 aliphatic carbocycles. The Balaban J connectivity index is 2.57. The zero-order chi connectivity index (χ0) is 12.0. The first-order chi connectivity index (χ1) is 7.76. The fraction of sp³-hybridized carbons (Fsp3) is 1.00. The first-order valence-corrected chi connectivity index (χ1v) is 6.24. The summed E-state index contributed by atoms with van der Waals surface area (Å²) >= 11 is 0. The number of hydrogen-bond acceptors (Lipinski definition) is 4. The summed E-state index contributed by atoms with van der Waals surface area (Å²) in [7, 11) is 3.56. The van der Waals surface area contributed by atoms with E-state index in [-0.39, 0.29) is 0 Å². The highest BCUT2D eigenvalue weighted by Crippen LogP contribution is 2.22. The molecule has 0 aromatic heterocycles. The number of rotatable bonds is 6. The monoisotopic (exact) mass is 230 g/mol. The molecule has 0 amide bonds. The number of likely N-dealkylation sites (tertiary alicyclic amines) is 1. The SMILES string of the molecule is CCC(COC)N1CCC(OC)CC1CN. The number of nitrogens with zero attached hydrogens (tertiary/aromatic N) is 1. The van der Waals surface area contributed by atoms with Gasteiger partial charge in [0, 0.05) is 39.4 Å². The molecule has 96 valence electrons. The van der Waals surface area contributed by atoms with Crippen molar-refractivity contribution in [2.24, 2.45) is 5.73 Å². The molecule has 1 heterocycles. The fourth-order valence-corrected chi connectivity index (χ4v) is 2.60. The van der Waals surface area contributed by atoms with Gasteiger partial charge in [0.2, 0.25) is 0 Å². The topological polar surface area (TPSA) is 47.7 Å². The molecule has 1 saturated heterocycles. The number of ether oxygens (including phenoxy) is 2. The smallest absolute Gasteiger partial charge is 0.0618 e. The van der Waals surface area contributed by atoms with Crippen molar-refractivity contribution in [3.8, 4) is 0 Å². The van der Waals surface area contributed by atoms with Gasteiger partial charge in [-0.2, -0.15) is 0 Å². The van der Waals surface area contributed by atoms with Crippen LogP contribution in [0.15, 0.2) is 0 Å². The van der Waals surface area contributed by atoms with E-state index < -0.39 is 0 Å². The van der Waals surface area contributed by atoms with E-state index in [0.29, 0.717) is 24.7 Å². The van der Waals surface area contributed by atoms with Crippen LogP contribution in [0.25, 0.3) is 0 Å². The lowest BCUT2D eigenvalue weighted by atomic mass is 9.96. The Morgan fingerprint density at radius 3 is 2.69 bits per heavy atom. The van der Waals surface area contributed by atoms with E-state index in [1.165, 1.54) is 0 Å². The molecule has 4 nitrogen and oxygen atoms in total. The molecule has 3 atom stereocenters. The summed E-state index contributed by atoms with van der Waals surface area (Å²) in [6, 6.07) is 0.940. The quantitative estimate of drug-likeness (QED) is 0.735. The molecule has 0 aromatic rings.